The van der Waals surface area contributed by atoms with E-state index in [0.29, 0.717) is 17.6 Å². The van der Waals surface area contributed by atoms with Gasteiger partial charge >= 0.3 is 0 Å². The number of ether oxygens (including phenoxy) is 1. The summed E-state index contributed by atoms with van der Waals surface area (Å²) in [5, 5.41) is 17.6. The number of aromatic hydroxyl groups is 2. The second-order valence-corrected chi connectivity index (χ2v) is 7.35. The van der Waals surface area contributed by atoms with Crippen molar-refractivity contribution in [1.29, 1.82) is 0 Å². The first-order valence-electron chi connectivity index (χ1n) is 10.8. The van der Waals surface area contributed by atoms with Crippen molar-refractivity contribution in [2.75, 3.05) is 0 Å². The summed E-state index contributed by atoms with van der Waals surface area (Å²) < 4.78 is 5.63. The van der Waals surface area contributed by atoms with Crippen LogP contribution in [0.1, 0.15) is 42.4 Å². The van der Waals surface area contributed by atoms with Crippen LogP contribution in [0.25, 0.3) is 18.2 Å². The highest BCUT2D eigenvalue weighted by Crippen LogP contribution is 2.21. The maximum atomic E-state index is 8.82. The van der Waals surface area contributed by atoms with Crippen molar-refractivity contribution < 1.29 is 14.9 Å². The Morgan fingerprint density at radius 1 is 0.656 bits per heavy atom. The molecular formula is C29H32O3. The molecule has 0 unspecified atom stereocenters. The van der Waals surface area contributed by atoms with Crippen LogP contribution in [-0.2, 0) is 4.74 Å². The fraction of sp³-hybridized carbons (Fsp3) is 0.172. The van der Waals surface area contributed by atoms with Crippen molar-refractivity contribution in [2.45, 2.75) is 31.8 Å². The predicted octanol–water partition coefficient (Wildman–Crippen LogP) is 7.69. The Bertz CT molecular complexity index is 886. The zero-order valence-electron chi connectivity index (χ0n) is 18.4. The first kappa shape index (κ1) is 24.5. The van der Waals surface area contributed by atoms with E-state index in [1.54, 1.807) is 36.4 Å². The SMILES string of the molecule is C(=Cc1ccccc1)OC1CCCC1.C=Cc1ccc(O)cc1.C=Cc1ccc(O)cc1. The highest BCUT2D eigenvalue weighted by molar-refractivity contribution is 5.49. The Balaban J connectivity index is 0.000000178. The Morgan fingerprint density at radius 3 is 1.56 bits per heavy atom. The van der Waals surface area contributed by atoms with E-state index in [1.807, 2.05) is 54.8 Å². The molecule has 166 valence electrons. The van der Waals surface area contributed by atoms with Gasteiger partial charge in [-0.15, -0.1) is 0 Å². The molecule has 32 heavy (non-hydrogen) atoms. The van der Waals surface area contributed by atoms with E-state index in [0.717, 1.165) is 11.1 Å². The number of phenols is 2. The van der Waals surface area contributed by atoms with Gasteiger partial charge in [0, 0.05) is 0 Å². The number of rotatable bonds is 5. The van der Waals surface area contributed by atoms with Crippen molar-refractivity contribution in [2.24, 2.45) is 0 Å². The summed E-state index contributed by atoms with van der Waals surface area (Å²) in [6.45, 7) is 7.16. The number of phenolic OH excluding ortho intramolecular Hbond substituents is 2. The molecule has 0 saturated heterocycles. The van der Waals surface area contributed by atoms with Gasteiger partial charge in [0.25, 0.3) is 0 Å². The lowest BCUT2D eigenvalue weighted by Crippen LogP contribution is -2.01. The Kier molecular flexibility index (Phi) is 11.0. The van der Waals surface area contributed by atoms with Gasteiger partial charge in [0.15, 0.2) is 0 Å². The molecule has 4 rings (SSSR count). The van der Waals surface area contributed by atoms with Gasteiger partial charge in [-0.2, -0.15) is 0 Å². The van der Waals surface area contributed by atoms with E-state index in [9.17, 15) is 0 Å². The van der Waals surface area contributed by atoms with Gasteiger partial charge in [-0.25, -0.2) is 0 Å². The molecule has 1 saturated carbocycles. The minimum absolute atomic E-state index is 0.292. The molecule has 1 aliphatic rings. The lowest BCUT2D eigenvalue weighted by atomic mass is 10.2. The summed E-state index contributed by atoms with van der Waals surface area (Å²) >= 11 is 0. The second kappa shape index (κ2) is 14.3. The van der Waals surface area contributed by atoms with E-state index < -0.39 is 0 Å². The van der Waals surface area contributed by atoms with Crippen LogP contribution >= 0.6 is 0 Å². The molecule has 0 bridgehead atoms. The molecule has 0 aliphatic heterocycles. The molecule has 0 radical (unpaired) electrons. The molecule has 0 spiro atoms. The molecular weight excluding hydrogens is 396 g/mol. The van der Waals surface area contributed by atoms with E-state index in [2.05, 4.69) is 25.3 Å². The third-order valence-corrected chi connectivity index (χ3v) is 4.89. The van der Waals surface area contributed by atoms with E-state index in [-0.39, 0.29) is 0 Å². The van der Waals surface area contributed by atoms with Crippen molar-refractivity contribution >= 4 is 18.2 Å². The van der Waals surface area contributed by atoms with Crippen LogP contribution in [0.4, 0.5) is 0 Å². The van der Waals surface area contributed by atoms with Gasteiger partial charge in [-0.1, -0.05) is 79.9 Å². The molecule has 3 aromatic carbocycles. The van der Waals surface area contributed by atoms with Crippen molar-refractivity contribution in [3.8, 4) is 11.5 Å². The maximum Gasteiger partial charge on any atom is 0.115 e. The standard InChI is InChI=1S/C13H16O.2C8H8O/c1-2-6-12(7-3-1)10-11-14-13-8-4-5-9-13;2*1-2-7-3-5-8(9)6-4-7/h1-3,6-7,10-11,13H,4-5,8-9H2;2*2-6,9H,1H2. The fourth-order valence-corrected chi connectivity index (χ4v) is 3.04. The summed E-state index contributed by atoms with van der Waals surface area (Å²) in [4.78, 5) is 0. The highest BCUT2D eigenvalue weighted by Gasteiger charge is 2.13. The van der Waals surface area contributed by atoms with Gasteiger partial charge in [0.2, 0.25) is 0 Å². The van der Waals surface area contributed by atoms with Crippen LogP contribution < -0.4 is 0 Å². The minimum Gasteiger partial charge on any atom is -0.508 e. The zero-order valence-corrected chi connectivity index (χ0v) is 18.4. The quantitative estimate of drug-likeness (QED) is 0.410. The lowest BCUT2D eigenvalue weighted by Gasteiger charge is -2.07. The Labute approximate surface area is 191 Å². The summed E-state index contributed by atoms with van der Waals surface area (Å²) in [6.07, 6.45) is 12.9. The van der Waals surface area contributed by atoms with Crippen molar-refractivity contribution in [3.05, 3.63) is 115 Å². The third kappa shape index (κ3) is 9.86. The molecule has 2 N–H and O–H groups in total. The first-order chi connectivity index (χ1) is 15.6. The zero-order chi connectivity index (χ0) is 23.0. The Morgan fingerprint density at radius 2 is 1.12 bits per heavy atom. The molecule has 0 atom stereocenters. The predicted molar refractivity (Wildman–Crippen MR) is 135 cm³/mol. The summed E-state index contributed by atoms with van der Waals surface area (Å²) in [5.41, 5.74) is 3.24. The highest BCUT2D eigenvalue weighted by atomic mass is 16.5. The van der Waals surface area contributed by atoms with Gasteiger partial charge in [0.1, 0.15) is 11.5 Å². The number of benzene rings is 3. The summed E-state index contributed by atoms with van der Waals surface area (Å²) in [6, 6.07) is 24.0. The van der Waals surface area contributed by atoms with Crippen molar-refractivity contribution in [1.82, 2.24) is 0 Å². The average molecular weight is 429 g/mol. The summed E-state index contributed by atoms with van der Waals surface area (Å²) in [5.74, 6) is 0.584. The molecule has 3 heteroatoms. The topological polar surface area (TPSA) is 49.7 Å². The van der Waals surface area contributed by atoms with Crippen molar-refractivity contribution in [3.63, 3.8) is 0 Å². The molecule has 3 nitrogen and oxygen atoms in total. The molecule has 3 aromatic rings. The van der Waals surface area contributed by atoms with Crippen LogP contribution in [0.5, 0.6) is 11.5 Å². The smallest absolute Gasteiger partial charge is 0.115 e. The van der Waals surface area contributed by atoms with Crippen LogP contribution in [0.3, 0.4) is 0 Å². The second-order valence-electron chi connectivity index (χ2n) is 7.35. The van der Waals surface area contributed by atoms with E-state index >= 15 is 0 Å². The van der Waals surface area contributed by atoms with Gasteiger partial charge in [0.05, 0.1) is 12.4 Å². The maximum absolute atomic E-state index is 8.82. The molecule has 1 fully saturated rings. The third-order valence-electron chi connectivity index (χ3n) is 4.89. The fourth-order valence-electron chi connectivity index (χ4n) is 3.04. The van der Waals surface area contributed by atoms with Crippen LogP contribution in [0, 0.1) is 0 Å². The Hall–Kier alpha value is -3.72. The van der Waals surface area contributed by atoms with Gasteiger partial charge < -0.3 is 14.9 Å². The molecule has 0 amide bonds. The average Bonchev–Trinajstić information content (AvgIpc) is 3.35. The largest absolute Gasteiger partial charge is 0.508 e. The van der Waals surface area contributed by atoms with Gasteiger partial charge in [-0.05, 0) is 72.7 Å². The van der Waals surface area contributed by atoms with Gasteiger partial charge in [-0.3, -0.25) is 0 Å². The molecule has 0 heterocycles. The lowest BCUT2D eigenvalue weighted by molar-refractivity contribution is 0.153. The molecule has 0 aromatic heterocycles. The normalized spacial score (nSPS) is 12.8. The van der Waals surface area contributed by atoms with Crippen LogP contribution in [-0.4, -0.2) is 16.3 Å². The number of hydrogen-bond acceptors (Lipinski definition) is 3. The molecule has 1 aliphatic carbocycles. The number of hydrogen-bond donors (Lipinski definition) is 2. The summed E-state index contributed by atoms with van der Waals surface area (Å²) in [7, 11) is 0. The van der Waals surface area contributed by atoms with E-state index in [1.165, 1.54) is 31.2 Å². The van der Waals surface area contributed by atoms with E-state index in [4.69, 9.17) is 14.9 Å². The minimum atomic E-state index is 0.292. The monoisotopic (exact) mass is 428 g/mol. The van der Waals surface area contributed by atoms with Crippen LogP contribution in [0.15, 0.2) is 98.3 Å². The van der Waals surface area contributed by atoms with Crippen LogP contribution in [0.2, 0.25) is 0 Å². The first-order valence-corrected chi connectivity index (χ1v) is 10.8.